The van der Waals surface area contributed by atoms with Crippen LogP contribution in [0.3, 0.4) is 0 Å². The number of hydrogen-bond acceptors (Lipinski definition) is 9. The topological polar surface area (TPSA) is 128 Å². The van der Waals surface area contributed by atoms with E-state index in [1.54, 1.807) is 30.9 Å². The van der Waals surface area contributed by atoms with Crippen LogP contribution in [0, 0.1) is 45.3 Å². The Morgan fingerprint density at radius 3 is 2.55 bits per heavy atom. The summed E-state index contributed by atoms with van der Waals surface area (Å²) >= 11 is 0. The number of morpholine rings is 1. The Hall–Kier alpha value is -1.98. The third kappa shape index (κ3) is 6.02. The van der Waals surface area contributed by atoms with Crippen molar-refractivity contribution in [3.63, 3.8) is 0 Å². The molecule has 2 saturated heterocycles. The first-order valence-corrected chi connectivity index (χ1v) is 19.8. The third-order valence-electron chi connectivity index (χ3n) is 15.5. The van der Waals surface area contributed by atoms with E-state index >= 15 is 0 Å². The van der Waals surface area contributed by atoms with Crippen LogP contribution in [0.2, 0.25) is 0 Å². The summed E-state index contributed by atoms with van der Waals surface area (Å²) < 4.78 is 30.8. The van der Waals surface area contributed by atoms with Crippen LogP contribution >= 0.6 is 0 Å². The molecule has 51 heavy (non-hydrogen) atoms. The third-order valence-corrected chi connectivity index (χ3v) is 15.5. The van der Waals surface area contributed by atoms with Crippen LogP contribution in [-0.4, -0.2) is 89.1 Å². The minimum absolute atomic E-state index is 0.0201. The molecule has 6 fully saturated rings. The summed E-state index contributed by atoms with van der Waals surface area (Å²) in [6, 6.07) is 3.44. The van der Waals surface area contributed by atoms with Crippen molar-refractivity contribution in [2.45, 2.75) is 156 Å². The molecule has 4 saturated carbocycles. The lowest BCUT2D eigenvalue weighted by Crippen LogP contribution is -2.60. The van der Waals surface area contributed by atoms with E-state index in [9.17, 15) is 19.8 Å². The van der Waals surface area contributed by atoms with Gasteiger partial charge >= 0.3 is 5.97 Å². The lowest BCUT2D eigenvalue weighted by atomic mass is 9.41. The summed E-state index contributed by atoms with van der Waals surface area (Å²) in [5, 5.41) is 23.6. The minimum atomic E-state index is -1.28. The first-order chi connectivity index (χ1) is 23.9. The van der Waals surface area contributed by atoms with Gasteiger partial charge in [-0.15, -0.1) is 0 Å². The number of aliphatic hydroxyl groups is 2. The van der Waals surface area contributed by atoms with Crippen LogP contribution < -0.4 is 0 Å². The summed E-state index contributed by atoms with van der Waals surface area (Å²) in [6.45, 7) is 17.9. The number of aliphatic hydroxyl groups excluding tert-OH is 1. The van der Waals surface area contributed by atoms with Gasteiger partial charge in [0.25, 0.3) is 5.91 Å². The quantitative estimate of drug-likeness (QED) is 0.324. The summed E-state index contributed by atoms with van der Waals surface area (Å²) in [6.07, 6.45) is 8.02. The maximum Gasteiger partial charge on any atom is 0.303 e. The van der Waals surface area contributed by atoms with Gasteiger partial charge in [-0.05, 0) is 117 Å². The molecule has 1 amide bonds. The molecule has 0 aromatic carbocycles. The lowest BCUT2D eigenvalue weighted by Gasteiger charge is -2.64. The molecule has 13 unspecified atom stereocenters. The number of rotatable bonds is 6. The Kier molecular flexibility index (Phi) is 9.59. The van der Waals surface area contributed by atoms with Crippen molar-refractivity contribution in [2.24, 2.45) is 45.3 Å². The highest BCUT2D eigenvalue weighted by Gasteiger charge is 2.72. The standard InChI is InChI=1S/C41H63NO9/c1-24-21-28(35(38(5,6)46)49-25(2)43)50-33-32(24)39(7)15-10-16-41-17-14-30(37(3,4)29(41)13-12-26(22-41)40(39,8)34(33)44)51-31-23-42(18-20-48-31)36(45)27-11-9-19-47-27/h9,11,19,24,26,28-35,44,46H,10,12-18,20-23H2,1-8H3. The molecule has 4 aliphatic carbocycles. The highest BCUT2D eigenvalue weighted by molar-refractivity contribution is 5.91. The smallest absolute Gasteiger partial charge is 0.303 e. The van der Waals surface area contributed by atoms with Crippen molar-refractivity contribution >= 4 is 11.9 Å². The van der Waals surface area contributed by atoms with Gasteiger partial charge < -0.3 is 38.5 Å². The van der Waals surface area contributed by atoms with Crippen LogP contribution in [0.15, 0.2) is 22.8 Å². The molecule has 286 valence electrons. The van der Waals surface area contributed by atoms with Crippen molar-refractivity contribution < 1.29 is 43.2 Å². The first-order valence-electron chi connectivity index (χ1n) is 19.8. The zero-order chi connectivity index (χ0) is 36.7. The van der Waals surface area contributed by atoms with Crippen molar-refractivity contribution in [1.29, 1.82) is 0 Å². The van der Waals surface area contributed by atoms with Crippen molar-refractivity contribution in [3.05, 3.63) is 24.2 Å². The van der Waals surface area contributed by atoms with Crippen LogP contribution in [-0.2, 0) is 23.7 Å². The van der Waals surface area contributed by atoms with Gasteiger partial charge in [-0.2, -0.15) is 0 Å². The highest BCUT2D eigenvalue weighted by atomic mass is 16.7. The minimum Gasteiger partial charge on any atom is -0.459 e. The highest BCUT2D eigenvalue weighted by Crippen LogP contribution is 2.73. The molecule has 13 atom stereocenters. The second-order valence-electron chi connectivity index (χ2n) is 19.0. The molecule has 10 nitrogen and oxygen atoms in total. The number of furan rings is 1. The fourth-order valence-corrected chi connectivity index (χ4v) is 13.1. The van der Waals surface area contributed by atoms with E-state index in [2.05, 4.69) is 34.6 Å². The average Bonchev–Trinajstić information content (AvgIpc) is 3.66. The molecule has 6 aliphatic rings. The normalized spacial score (nSPS) is 44.3. The molecule has 1 spiro atoms. The SMILES string of the molecule is CC(=O)OC(C1CC(C)C2C(O1)C(O)C1(C)C3CCC4C(CCCC21C)(CCC(OC1CN(C(=O)c2ccco2)CCO1)C4(C)C)C3)C(C)(C)O. The molecule has 1 aromatic rings. The van der Waals surface area contributed by atoms with Gasteiger partial charge in [-0.25, -0.2) is 0 Å². The van der Waals surface area contributed by atoms with Gasteiger partial charge in [0.05, 0.1) is 49.4 Å². The Bertz CT molecular complexity index is 1440. The number of esters is 1. The fraction of sp³-hybridized carbons (Fsp3) is 0.854. The first kappa shape index (κ1) is 37.3. The number of hydrogen-bond donors (Lipinski definition) is 2. The summed E-state index contributed by atoms with van der Waals surface area (Å²) in [5.41, 5.74) is -1.64. The van der Waals surface area contributed by atoms with Crippen molar-refractivity contribution in [2.75, 3.05) is 19.7 Å². The number of nitrogens with zero attached hydrogens (tertiary/aromatic N) is 1. The van der Waals surface area contributed by atoms with Gasteiger partial charge in [0.1, 0.15) is 0 Å². The maximum atomic E-state index is 13.0. The molecule has 1 aromatic heterocycles. The van der Waals surface area contributed by atoms with Crippen LogP contribution in [0.5, 0.6) is 0 Å². The largest absolute Gasteiger partial charge is 0.459 e. The molecule has 7 rings (SSSR count). The number of carbonyl (C=O) groups excluding carboxylic acids is 2. The Morgan fingerprint density at radius 1 is 1.10 bits per heavy atom. The lowest BCUT2D eigenvalue weighted by molar-refractivity contribution is -0.251. The van der Waals surface area contributed by atoms with E-state index < -0.39 is 36.2 Å². The van der Waals surface area contributed by atoms with Crippen LogP contribution in [0.25, 0.3) is 0 Å². The van der Waals surface area contributed by atoms with E-state index in [4.69, 9.17) is 23.4 Å². The van der Waals surface area contributed by atoms with Crippen LogP contribution in [0.4, 0.5) is 0 Å². The molecule has 2 bridgehead atoms. The number of amides is 1. The van der Waals surface area contributed by atoms with Gasteiger partial charge in [-0.3, -0.25) is 9.59 Å². The molecular formula is C41H63NO9. The van der Waals surface area contributed by atoms with Crippen molar-refractivity contribution in [1.82, 2.24) is 4.90 Å². The predicted octanol–water partition coefficient (Wildman–Crippen LogP) is 6.37. The zero-order valence-electron chi connectivity index (χ0n) is 32.2. The fourth-order valence-electron chi connectivity index (χ4n) is 13.1. The molecule has 2 aliphatic heterocycles. The maximum absolute atomic E-state index is 13.0. The average molecular weight is 714 g/mol. The Labute approximate surface area is 304 Å². The Balaban J connectivity index is 1.09. The van der Waals surface area contributed by atoms with E-state index in [1.165, 1.54) is 19.6 Å². The molecule has 2 N–H and O–H groups in total. The van der Waals surface area contributed by atoms with Crippen LogP contribution in [0.1, 0.15) is 124 Å². The van der Waals surface area contributed by atoms with Gasteiger partial charge in [-0.1, -0.05) is 41.0 Å². The summed E-state index contributed by atoms with van der Waals surface area (Å²) in [5.74, 6) is 1.02. The number of carbonyl (C=O) groups is 2. The van der Waals surface area contributed by atoms with E-state index in [0.717, 1.165) is 44.9 Å². The van der Waals surface area contributed by atoms with E-state index in [1.807, 2.05) is 0 Å². The number of ether oxygens (including phenoxy) is 4. The molecular weight excluding hydrogens is 650 g/mol. The molecule has 0 radical (unpaired) electrons. The van der Waals surface area contributed by atoms with Gasteiger partial charge in [0.15, 0.2) is 18.2 Å². The van der Waals surface area contributed by atoms with Gasteiger partial charge in [0.2, 0.25) is 0 Å². The van der Waals surface area contributed by atoms with Gasteiger partial charge in [0, 0.05) is 18.9 Å². The zero-order valence-corrected chi connectivity index (χ0v) is 32.2. The molecule has 3 heterocycles. The van der Waals surface area contributed by atoms with Crippen molar-refractivity contribution in [3.8, 4) is 0 Å². The second kappa shape index (κ2) is 13.1. The second-order valence-corrected chi connectivity index (χ2v) is 19.0. The summed E-state index contributed by atoms with van der Waals surface area (Å²) in [4.78, 5) is 26.9. The molecule has 10 heteroatoms. The predicted molar refractivity (Wildman–Crippen MR) is 189 cm³/mol. The summed E-state index contributed by atoms with van der Waals surface area (Å²) in [7, 11) is 0. The van der Waals surface area contributed by atoms with E-state index in [0.29, 0.717) is 43.7 Å². The number of fused-ring (bicyclic) bond motifs is 5. The monoisotopic (exact) mass is 713 g/mol. The van der Waals surface area contributed by atoms with E-state index in [-0.39, 0.29) is 51.6 Å². The Morgan fingerprint density at radius 2 is 1.86 bits per heavy atom.